The minimum atomic E-state index is 0.198. The van der Waals surface area contributed by atoms with Crippen LogP contribution in [0.2, 0.25) is 5.28 Å². The lowest BCUT2D eigenvalue weighted by atomic mass is 10.3. The van der Waals surface area contributed by atoms with Crippen LogP contribution < -0.4 is 4.74 Å². The number of pyridine rings is 1. The van der Waals surface area contributed by atoms with E-state index < -0.39 is 0 Å². The van der Waals surface area contributed by atoms with Gasteiger partial charge >= 0.3 is 0 Å². The Bertz CT molecular complexity index is 490. The number of rotatable bonds is 4. The van der Waals surface area contributed by atoms with E-state index in [1.807, 2.05) is 25.1 Å². The SMILES string of the molecule is Cc1cnc(Cl)nc1OCCc1ccccn1. The topological polar surface area (TPSA) is 47.9 Å². The van der Waals surface area contributed by atoms with Gasteiger partial charge in [-0.3, -0.25) is 4.98 Å². The van der Waals surface area contributed by atoms with Crippen molar-refractivity contribution in [1.82, 2.24) is 15.0 Å². The van der Waals surface area contributed by atoms with E-state index in [2.05, 4.69) is 15.0 Å². The van der Waals surface area contributed by atoms with Gasteiger partial charge in [0.15, 0.2) is 0 Å². The molecule has 0 unspecified atom stereocenters. The molecule has 0 aliphatic carbocycles. The average molecular weight is 250 g/mol. The van der Waals surface area contributed by atoms with E-state index in [1.165, 1.54) is 0 Å². The maximum Gasteiger partial charge on any atom is 0.225 e. The van der Waals surface area contributed by atoms with E-state index in [1.54, 1.807) is 12.4 Å². The van der Waals surface area contributed by atoms with E-state index in [9.17, 15) is 0 Å². The molecule has 0 spiro atoms. The molecule has 2 aromatic rings. The second-order valence-electron chi connectivity index (χ2n) is 3.55. The first-order chi connectivity index (χ1) is 8.25. The maximum absolute atomic E-state index is 5.70. The van der Waals surface area contributed by atoms with Gasteiger partial charge in [-0.1, -0.05) is 6.07 Å². The summed E-state index contributed by atoms with van der Waals surface area (Å²) in [7, 11) is 0. The van der Waals surface area contributed by atoms with Crippen molar-refractivity contribution in [3.8, 4) is 5.88 Å². The molecule has 2 rings (SSSR count). The number of hydrogen-bond donors (Lipinski definition) is 0. The van der Waals surface area contributed by atoms with Gasteiger partial charge in [0.1, 0.15) is 0 Å². The molecule has 5 heteroatoms. The molecule has 0 N–H and O–H groups in total. The zero-order valence-corrected chi connectivity index (χ0v) is 10.2. The van der Waals surface area contributed by atoms with Gasteiger partial charge in [-0.25, -0.2) is 4.98 Å². The number of nitrogens with zero attached hydrogens (tertiary/aromatic N) is 3. The fraction of sp³-hybridized carbons (Fsp3) is 0.250. The first-order valence-corrected chi connectivity index (χ1v) is 5.65. The summed E-state index contributed by atoms with van der Waals surface area (Å²) in [6.45, 7) is 2.40. The van der Waals surface area contributed by atoms with Crippen LogP contribution in [0.4, 0.5) is 0 Å². The van der Waals surface area contributed by atoms with Crippen molar-refractivity contribution in [2.24, 2.45) is 0 Å². The molecular formula is C12H12ClN3O. The Hall–Kier alpha value is -1.68. The lowest BCUT2D eigenvalue weighted by molar-refractivity contribution is 0.305. The second-order valence-corrected chi connectivity index (χ2v) is 3.88. The predicted octanol–water partition coefficient (Wildman–Crippen LogP) is 2.45. The Morgan fingerprint density at radius 2 is 2.18 bits per heavy atom. The Balaban J connectivity index is 1.92. The van der Waals surface area contributed by atoms with Crippen LogP contribution in [0.1, 0.15) is 11.3 Å². The van der Waals surface area contributed by atoms with Crippen molar-refractivity contribution in [3.05, 3.63) is 47.1 Å². The molecule has 0 aliphatic rings. The van der Waals surface area contributed by atoms with Crippen LogP contribution in [0.3, 0.4) is 0 Å². The van der Waals surface area contributed by atoms with Crippen LogP contribution in [0.15, 0.2) is 30.6 Å². The van der Waals surface area contributed by atoms with E-state index in [-0.39, 0.29) is 5.28 Å². The quantitative estimate of drug-likeness (QED) is 0.781. The Labute approximate surface area is 105 Å². The van der Waals surface area contributed by atoms with E-state index >= 15 is 0 Å². The molecule has 0 aliphatic heterocycles. The zero-order chi connectivity index (χ0) is 12.1. The van der Waals surface area contributed by atoms with Crippen molar-refractivity contribution in [1.29, 1.82) is 0 Å². The van der Waals surface area contributed by atoms with Gasteiger partial charge in [0.05, 0.1) is 6.61 Å². The molecular weight excluding hydrogens is 238 g/mol. The van der Waals surface area contributed by atoms with E-state index in [0.29, 0.717) is 12.5 Å². The summed E-state index contributed by atoms with van der Waals surface area (Å²) >= 11 is 5.70. The summed E-state index contributed by atoms with van der Waals surface area (Å²) in [4.78, 5) is 12.1. The van der Waals surface area contributed by atoms with Crippen LogP contribution >= 0.6 is 11.6 Å². The first kappa shape index (κ1) is 11.8. The van der Waals surface area contributed by atoms with Crippen molar-refractivity contribution >= 4 is 11.6 Å². The van der Waals surface area contributed by atoms with Gasteiger partial charge in [-0.15, -0.1) is 0 Å². The van der Waals surface area contributed by atoms with Crippen molar-refractivity contribution in [2.45, 2.75) is 13.3 Å². The van der Waals surface area contributed by atoms with Gasteiger partial charge in [0, 0.05) is 30.1 Å². The second kappa shape index (κ2) is 5.59. The Morgan fingerprint density at radius 1 is 1.29 bits per heavy atom. The minimum absolute atomic E-state index is 0.198. The molecule has 0 saturated heterocycles. The summed E-state index contributed by atoms with van der Waals surface area (Å²) in [5.74, 6) is 0.529. The Kier molecular flexibility index (Phi) is 3.88. The highest BCUT2D eigenvalue weighted by Gasteiger charge is 2.03. The monoisotopic (exact) mass is 249 g/mol. The summed E-state index contributed by atoms with van der Waals surface area (Å²) in [5.41, 5.74) is 1.86. The van der Waals surface area contributed by atoms with Gasteiger partial charge in [0.2, 0.25) is 11.2 Å². The van der Waals surface area contributed by atoms with Gasteiger partial charge in [0.25, 0.3) is 0 Å². The molecule has 17 heavy (non-hydrogen) atoms. The van der Waals surface area contributed by atoms with Crippen LogP contribution in [0.5, 0.6) is 5.88 Å². The Morgan fingerprint density at radius 3 is 2.94 bits per heavy atom. The molecule has 88 valence electrons. The molecule has 0 radical (unpaired) electrons. The van der Waals surface area contributed by atoms with E-state index in [0.717, 1.165) is 17.7 Å². The van der Waals surface area contributed by atoms with E-state index in [4.69, 9.17) is 16.3 Å². The summed E-state index contributed by atoms with van der Waals surface area (Å²) in [6.07, 6.45) is 4.15. The lowest BCUT2D eigenvalue weighted by Crippen LogP contribution is -2.05. The first-order valence-electron chi connectivity index (χ1n) is 5.27. The van der Waals surface area contributed by atoms with Crippen LogP contribution in [0, 0.1) is 6.92 Å². The summed E-state index contributed by atoms with van der Waals surface area (Å²) in [5, 5.41) is 0.198. The molecule has 2 aromatic heterocycles. The lowest BCUT2D eigenvalue weighted by Gasteiger charge is -2.07. The summed E-state index contributed by atoms with van der Waals surface area (Å²) < 4.78 is 5.55. The number of ether oxygens (including phenoxy) is 1. The number of aromatic nitrogens is 3. The third-order valence-corrected chi connectivity index (χ3v) is 2.40. The van der Waals surface area contributed by atoms with Crippen molar-refractivity contribution in [2.75, 3.05) is 6.61 Å². The predicted molar refractivity (Wildman–Crippen MR) is 65.2 cm³/mol. The van der Waals surface area contributed by atoms with Gasteiger partial charge in [-0.2, -0.15) is 4.98 Å². The fourth-order valence-electron chi connectivity index (χ4n) is 1.35. The molecule has 0 bridgehead atoms. The number of aryl methyl sites for hydroxylation is 1. The largest absolute Gasteiger partial charge is 0.477 e. The molecule has 0 fully saturated rings. The highest BCUT2D eigenvalue weighted by atomic mass is 35.5. The number of halogens is 1. The van der Waals surface area contributed by atoms with Crippen LogP contribution in [0.25, 0.3) is 0 Å². The molecule has 0 atom stereocenters. The summed E-state index contributed by atoms with van der Waals surface area (Å²) in [6, 6.07) is 5.80. The maximum atomic E-state index is 5.70. The van der Waals surface area contributed by atoms with Gasteiger partial charge in [-0.05, 0) is 30.7 Å². The molecule has 2 heterocycles. The van der Waals surface area contributed by atoms with Crippen LogP contribution in [-0.2, 0) is 6.42 Å². The fourth-order valence-corrected chi connectivity index (χ4v) is 1.48. The molecule has 0 saturated carbocycles. The average Bonchev–Trinajstić information content (AvgIpc) is 2.35. The molecule has 0 amide bonds. The highest BCUT2D eigenvalue weighted by molar-refractivity contribution is 6.28. The number of hydrogen-bond acceptors (Lipinski definition) is 4. The van der Waals surface area contributed by atoms with Crippen molar-refractivity contribution < 1.29 is 4.74 Å². The third-order valence-electron chi connectivity index (χ3n) is 2.22. The highest BCUT2D eigenvalue weighted by Crippen LogP contribution is 2.15. The van der Waals surface area contributed by atoms with Crippen LogP contribution in [-0.4, -0.2) is 21.6 Å². The van der Waals surface area contributed by atoms with Crippen molar-refractivity contribution in [3.63, 3.8) is 0 Å². The zero-order valence-electron chi connectivity index (χ0n) is 9.43. The smallest absolute Gasteiger partial charge is 0.225 e. The normalized spacial score (nSPS) is 10.2. The molecule has 0 aromatic carbocycles. The standard InChI is InChI=1S/C12H12ClN3O/c1-9-8-15-12(13)16-11(9)17-7-5-10-4-2-3-6-14-10/h2-4,6,8H,5,7H2,1H3. The minimum Gasteiger partial charge on any atom is -0.477 e. The van der Waals surface area contributed by atoms with Gasteiger partial charge < -0.3 is 4.74 Å². The molecule has 4 nitrogen and oxygen atoms in total. The third kappa shape index (κ3) is 3.39.